The molecule has 100 valence electrons. The smallest absolute Gasteiger partial charge is 0.163 e. The molecule has 0 aliphatic heterocycles. The van der Waals surface area contributed by atoms with Gasteiger partial charge in [-0.05, 0) is 43.5 Å². The summed E-state index contributed by atoms with van der Waals surface area (Å²) in [6.45, 7) is 5.79. The lowest BCUT2D eigenvalue weighted by molar-refractivity contribution is 0.0978. The minimum atomic E-state index is -0.260. The lowest BCUT2D eigenvalue weighted by Gasteiger charge is -2.09. The fourth-order valence-electron chi connectivity index (χ4n) is 2.36. The average molecular weight is 250 g/mol. The van der Waals surface area contributed by atoms with Gasteiger partial charge >= 0.3 is 0 Å². The molecule has 1 nitrogen and oxygen atoms in total. The van der Waals surface area contributed by atoms with Gasteiger partial charge in [0.1, 0.15) is 5.82 Å². The van der Waals surface area contributed by atoms with Gasteiger partial charge in [0.2, 0.25) is 0 Å². The molecule has 0 atom stereocenters. The number of benzene rings is 1. The van der Waals surface area contributed by atoms with Crippen LogP contribution in [0.5, 0.6) is 0 Å². The monoisotopic (exact) mass is 250 g/mol. The van der Waals surface area contributed by atoms with E-state index in [1.165, 1.54) is 31.4 Å². The molecule has 1 aromatic rings. The second-order valence-electron chi connectivity index (χ2n) is 5.00. The first-order valence-corrected chi connectivity index (χ1v) is 6.86. The fourth-order valence-corrected chi connectivity index (χ4v) is 2.36. The van der Waals surface area contributed by atoms with Gasteiger partial charge in [-0.3, -0.25) is 4.79 Å². The number of halogens is 1. The van der Waals surface area contributed by atoms with E-state index >= 15 is 0 Å². The van der Waals surface area contributed by atoms with Crippen LogP contribution in [0, 0.1) is 19.7 Å². The highest BCUT2D eigenvalue weighted by atomic mass is 19.1. The van der Waals surface area contributed by atoms with Crippen LogP contribution >= 0.6 is 0 Å². The summed E-state index contributed by atoms with van der Waals surface area (Å²) in [6.07, 6.45) is 6.28. The maximum Gasteiger partial charge on any atom is 0.163 e. The number of hydrogen-bond donors (Lipinski definition) is 0. The minimum absolute atomic E-state index is 0.154. The molecule has 0 N–H and O–H groups in total. The van der Waals surface area contributed by atoms with E-state index in [2.05, 4.69) is 6.92 Å². The zero-order valence-corrected chi connectivity index (χ0v) is 11.7. The van der Waals surface area contributed by atoms with Crippen LogP contribution < -0.4 is 0 Å². The standard InChI is InChI=1S/C16H23FO/c1-4-5-6-7-8-9-15(18)16-12(2)10-14(17)11-13(16)3/h10-11H,4-9H2,1-3H3. The zero-order chi connectivity index (χ0) is 13.5. The van der Waals surface area contributed by atoms with Crippen molar-refractivity contribution in [3.63, 3.8) is 0 Å². The third kappa shape index (κ3) is 4.25. The number of aryl methyl sites for hydroxylation is 2. The lowest BCUT2D eigenvalue weighted by atomic mass is 9.95. The number of unbranched alkanes of at least 4 members (excludes halogenated alkanes) is 4. The van der Waals surface area contributed by atoms with Gasteiger partial charge in [0.25, 0.3) is 0 Å². The SMILES string of the molecule is CCCCCCCC(=O)c1c(C)cc(F)cc1C. The van der Waals surface area contributed by atoms with E-state index in [9.17, 15) is 9.18 Å². The Kier molecular flexibility index (Phi) is 6.03. The maximum atomic E-state index is 13.2. The van der Waals surface area contributed by atoms with Crippen molar-refractivity contribution in [3.8, 4) is 0 Å². The Morgan fingerprint density at radius 3 is 2.17 bits per heavy atom. The maximum absolute atomic E-state index is 13.2. The van der Waals surface area contributed by atoms with Crippen molar-refractivity contribution in [2.75, 3.05) is 0 Å². The molecule has 0 bridgehead atoms. The normalized spacial score (nSPS) is 10.7. The Balaban J connectivity index is 2.57. The predicted octanol–water partition coefficient (Wildman–Crippen LogP) is 4.99. The molecule has 0 fully saturated rings. The Hall–Kier alpha value is -1.18. The molecule has 18 heavy (non-hydrogen) atoms. The van der Waals surface area contributed by atoms with Crippen LogP contribution in [0.3, 0.4) is 0 Å². The lowest BCUT2D eigenvalue weighted by Crippen LogP contribution is -2.05. The molecular formula is C16H23FO. The number of carbonyl (C=O) groups excluding carboxylic acids is 1. The molecule has 0 radical (unpaired) electrons. The van der Waals surface area contributed by atoms with Gasteiger partial charge in [0.15, 0.2) is 5.78 Å². The Morgan fingerprint density at radius 2 is 1.61 bits per heavy atom. The summed E-state index contributed by atoms with van der Waals surface area (Å²) in [5, 5.41) is 0. The van der Waals surface area contributed by atoms with Crippen molar-refractivity contribution in [1.82, 2.24) is 0 Å². The Bertz CT molecular complexity index is 387. The van der Waals surface area contributed by atoms with E-state index in [-0.39, 0.29) is 11.6 Å². The van der Waals surface area contributed by atoms with Gasteiger partial charge in [0.05, 0.1) is 0 Å². The molecule has 0 saturated heterocycles. The van der Waals surface area contributed by atoms with Crippen LogP contribution in [0.4, 0.5) is 4.39 Å². The van der Waals surface area contributed by atoms with Crippen LogP contribution in [0.25, 0.3) is 0 Å². The Labute approximate surface area is 109 Å². The van der Waals surface area contributed by atoms with Crippen LogP contribution in [0.1, 0.15) is 66.9 Å². The average Bonchev–Trinajstić information content (AvgIpc) is 2.27. The summed E-state index contributed by atoms with van der Waals surface area (Å²) >= 11 is 0. The molecule has 1 rings (SSSR count). The van der Waals surface area contributed by atoms with Gasteiger partial charge in [-0.2, -0.15) is 0 Å². The molecule has 0 saturated carbocycles. The molecule has 0 aliphatic carbocycles. The minimum Gasteiger partial charge on any atom is -0.294 e. The second kappa shape index (κ2) is 7.30. The summed E-state index contributed by atoms with van der Waals surface area (Å²) < 4.78 is 13.2. The van der Waals surface area contributed by atoms with E-state index in [1.807, 2.05) is 0 Å². The molecule has 0 heterocycles. The summed E-state index contributed by atoms with van der Waals surface area (Å²) in [5.41, 5.74) is 2.23. The first-order chi connectivity index (χ1) is 8.56. The van der Waals surface area contributed by atoms with E-state index < -0.39 is 0 Å². The van der Waals surface area contributed by atoms with Crippen molar-refractivity contribution < 1.29 is 9.18 Å². The van der Waals surface area contributed by atoms with Crippen molar-refractivity contribution in [2.45, 2.75) is 59.3 Å². The van der Waals surface area contributed by atoms with Gasteiger partial charge in [-0.25, -0.2) is 4.39 Å². The van der Waals surface area contributed by atoms with Crippen LogP contribution in [-0.2, 0) is 0 Å². The molecule has 0 unspecified atom stereocenters. The first kappa shape index (κ1) is 14.9. The number of Topliss-reactive ketones (excluding diaryl/α,β-unsaturated/α-hetero) is 1. The van der Waals surface area contributed by atoms with Crippen molar-refractivity contribution >= 4 is 5.78 Å². The molecule has 0 aromatic heterocycles. The summed E-state index contributed by atoms with van der Waals surface area (Å²) in [6, 6.07) is 2.88. The third-order valence-corrected chi connectivity index (χ3v) is 3.28. The Morgan fingerprint density at radius 1 is 1.06 bits per heavy atom. The predicted molar refractivity (Wildman–Crippen MR) is 73.6 cm³/mol. The number of carbonyl (C=O) groups is 1. The van der Waals surface area contributed by atoms with E-state index in [0.717, 1.165) is 24.0 Å². The molecule has 2 heteroatoms. The van der Waals surface area contributed by atoms with Gasteiger partial charge in [-0.1, -0.05) is 32.6 Å². The number of ketones is 1. The summed E-state index contributed by atoms with van der Waals surface area (Å²) in [7, 11) is 0. The van der Waals surface area contributed by atoms with Gasteiger partial charge in [-0.15, -0.1) is 0 Å². The van der Waals surface area contributed by atoms with Crippen LogP contribution in [0.2, 0.25) is 0 Å². The largest absolute Gasteiger partial charge is 0.294 e. The fraction of sp³-hybridized carbons (Fsp3) is 0.562. The van der Waals surface area contributed by atoms with E-state index in [1.54, 1.807) is 13.8 Å². The van der Waals surface area contributed by atoms with Gasteiger partial charge < -0.3 is 0 Å². The highest BCUT2D eigenvalue weighted by Crippen LogP contribution is 2.19. The number of hydrogen-bond acceptors (Lipinski definition) is 1. The topological polar surface area (TPSA) is 17.1 Å². The summed E-state index contributed by atoms with van der Waals surface area (Å²) in [4.78, 5) is 12.1. The van der Waals surface area contributed by atoms with E-state index in [0.29, 0.717) is 12.0 Å². The van der Waals surface area contributed by atoms with Gasteiger partial charge in [0, 0.05) is 12.0 Å². The molecular weight excluding hydrogens is 227 g/mol. The third-order valence-electron chi connectivity index (χ3n) is 3.28. The molecule has 1 aromatic carbocycles. The van der Waals surface area contributed by atoms with Crippen molar-refractivity contribution in [3.05, 3.63) is 34.6 Å². The molecule has 0 amide bonds. The zero-order valence-electron chi connectivity index (χ0n) is 11.7. The number of rotatable bonds is 7. The van der Waals surface area contributed by atoms with Crippen LogP contribution in [0.15, 0.2) is 12.1 Å². The first-order valence-electron chi connectivity index (χ1n) is 6.86. The summed E-state index contributed by atoms with van der Waals surface area (Å²) in [5.74, 6) is -0.106. The second-order valence-corrected chi connectivity index (χ2v) is 5.00. The van der Waals surface area contributed by atoms with E-state index in [4.69, 9.17) is 0 Å². The highest BCUT2D eigenvalue weighted by Gasteiger charge is 2.13. The van der Waals surface area contributed by atoms with Crippen molar-refractivity contribution in [2.24, 2.45) is 0 Å². The highest BCUT2D eigenvalue weighted by molar-refractivity contribution is 5.98. The molecule has 0 aliphatic rings. The van der Waals surface area contributed by atoms with Crippen molar-refractivity contribution in [1.29, 1.82) is 0 Å². The quantitative estimate of drug-likeness (QED) is 0.492. The van der Waals surface area contributed by atoms with Crippen LogP contribution in [-0.4, -0.2) is 5.78 Å². The molecule has 0 spiro atoms.